The van der Waals surface area contributed by atoms with E-state index >= 15 is 0 Å². The number of hydrogen-bond donors (Lipinski definition) is 0. The molecule has 0 atom stereocenters. The molecule has 0 aliphatic heterocycles. The fraction of sp³-hybridized carbons (Fsp3) is 0.185. The molecule has 1 aliphatic rings. The number of rotatable bonds is 14. The maximum Gasteiger partial charge on any atom is 0.227 e. The van der Waals surface area contributed by atoms with Gasteiger partial charge in [0.05, 0.1) is 0 Å². The lowest BCUT2D eigenvalue weighted by atomic mass is 9.75. The summed E-state index contributed by atoms with van der Waals surface area (Å²) in [5.74, 6) is 2.17. The van der Waals surface area contributed by atoms with E-state index in [-0.39, 0.29) is 5.41 Å². The molecular weight excluding hydrogens is 745 g/mol. The third-order valence-corrected chi connectivity index (χ3v) is 10.9. The van der Waals surface area contributed by atoms with Gasteiger partial charge in [0.2, 0.25) is 5.89 Å². The average Bonchev–Trinajstić information content (AvgIpc) is 3.87. The van der Waals surface area contributed by atoms with E-state index in [1.807, 2.05) is 107 Å². The first-order chi connectivity index (χ1) is 29.5. The lowest BCUT2D eigenvalue weighted by molar-refractivity contribution is 0.582. The third-order valence-electron chi connectivity index (χ3n) is 10.9. The Balaban J connectivity index is 1.48. The summed E-state index contributed by atoms with van der Waals surface area (Å²) in [7, 11) is 2.18. The van der Waals surface area contributed by atoms with Crippen molar-refractivity contribution in [1.29, 1.82) is 0 Å². The van der Waals surface area contributed by atoms with Gasteiger partial charge in [-0.3, -0.25) is 0 Å². The number of hydrogen-bond acceptors (Lipinski definition) is 5. The molecule has 6 nitrogen and oxygen atoms in total. The van der Waals surface area contributed by atoms with Crippen LogP contribution in [-0.4, -0.2) is 31.8 Å². The molecule has 3 aromatic heterocycles. The summed E-state index contributed by atoms with van der Waals surface area (Å²) in [5.41, 5.74) is 14.4. The van der Waals surface area contributed by atoms with Gasteiger partial charge in [-0.25, -0.2) is 19.9 Å². The van der Waals surface area contributed by atoms with Crippen LogP contribution in [0.25, 0.3) is 62.9 Å². The Morgan fingerprint density at radius 1 is 0.820 bits per heavy atom. The zero-order chi connectivity index (χ0) is 43.8. The van der Waals surface area contributed by atoms with Crippen LogP contribution in [0, 0.1) is 12.3 Å². The van der Waals surface area contributed by atoms with E-state index < -0.39 is 0 Å². The topological polar surface area (TPSA) is 69.6 Å². The Hall–Kier alpha value is -6.86. The van der Waals surface area contributed by atoms with Crippen molar-refractivity contribution in [2.24, 2.45) is 5.41 Å². The Labute approximate surface area is 362 Å². The molecule has 1 radical (unpaired) electrons. The first kappa shape index (κ1) is 43.7. The highest BCUT2D eigenvalue weighted by Gasteiger charge is 2.37. The van der Waals surface area contributed by atoms with Gasteiger partial charge >= 0.3 is 0 Å². The largest absolute Gasteiger partial charge is 0.436 e. The van der Waals surface area contributed by atoms with E-state index in [9.17, 15) is 0 Å². The molecule has 0 bridgehead atoms. The fourth-order valence-electron chi connectivity index (χ4n) is 7.94. The van der Waals surface area contributed by atoms with Gasteiger partial charge in [-0.15, -0.1) is 0 Å². The fourth-order valence-corrected chi connectivity index (χ4v) is 7.94. The molecule has 6 rings (SSSR count). The first-order valence-electron chi connectivity index (χ1n) is 20.8. The quantitative estimate of drug-likeness (QED) is 0.0826. The van der Waals surface area contributed by atoms with Crippen LogP contribution in [0.15, 0.2) is 168 Å². The normalized spacial score (nSPS) is 15.8. The van der Waals surface area contributed by atoms with Crippen molar-refractivity contribution in [1.82, 2.24) is 24.5 Å². The molecule has 0 saturated heterocycles. The Bertz CT molecular complexity index is 2820. The van der Waals surface area contributed by atoms with E-state index in [2.05, 4.69) is 115 Å². The summed E-state index contributed by atoms with van der Waals surface area (Å²) in [6, 6.07) is 14.3. The summed E-state index contributed by atoms with van der Waals surface area (Å²) in [6.07, 6.45) is 30.3. The van der Waals surface area contributed by atoms with Crippen LogP contribution in [0.3, 0.4) is 0 Å². The van der Waals surface area contributed by atoms with Gasteiger partial charge in [-0.05, 0) is 123 Å². The van der Waals surface area contributed by atoms with Gasteiger partial charge in [0.1, 0.15) is 5.52 Å². The minimum absolute atomic E-state index is 0.287. The molecule has 0 spiro atoms. The zero-order valence-corrected chi connectivity index (χ0v) is 37.0. The van der Waals surface area contributed by atoms with Crippen molar-refractivity contribution in [3.8, 4) is 28.5 Å². The standard InChI is InChI=1S/C54H55BN5O/c1-13-20-26-37(18-6)50-57-51(38(23-15-3)27-21-14-2)59-52(58-50)39-30-31-48-46(33-39)56-53(61-48)40-28-22-29-41(32-40)60-47(36(9)43(25-17-5)49(60)55-12)34-45-35(8)42(24-16-4)44(19-7)54(45,10)11/h13-34H,1,7-8H2,2-6,9-12H3/b21-14-,23-15-,24-16-,25-17-,26-20-,37-18+,38-27+,45-34+. The summed E-state index contributed by atoms with van der Waals surface area (Å²) >= 11 is 0. The predicted molar refractivity (Wildman–Crippen MR) is 262 cm³/mol. The summed E-state index contributed by atoms with van der Waals surface area (Å²) in [5, 5.41) is 0. The summed E-state index contributed by atoms with van der Waals surface area (Å²) in [6.45, 7) is 31.4. The van der Waals surface area contributed by atoms with Crippen molar-refractivity contribution < 1.29 is 4.42 Å². The minimum atomic E-state index is -0.287. The van der Waals surface area contributed by atoms with Crippen molar-refractivity contribution in [3.63, 3.8) is 0 Å². The lowest BCUT2D eigenvalue weighted by Gasteiger charge is -2.24. The van der Waals surface area contributed by atoms with Crippen LogP contribution >= 0.6 is 0 Å². The van der Waals surface area contributed by atoms with Crippen molar-refractivity contribution in [2.45, 2.75) is 62.2 Å². The number of nitrogens with zero attached hydrogens (tertiary/aromatic N) is 5. The van der Waals surface area contributed by atoms with Crippen LogP contribution < -0.4 is 5.59 Å². The van der Waals surface area contributed by atoms with Gasteiger partial charge < -0.3 is 8.98 Å². The van der Waals surface area contributed by atoms with E-state index in [1.165, 1.54) is 16.7 Å². The first-order valence-corrected chi connectivity index (χ1v) is 20.8. The van der Waals surface area contributed by atoms with Crippen LogP contribution in [-0.2, 0) is 0 Å². The lowest BCUT2D eigenvalue weighted by Crippen LogP contribution is -2.24. The highest BCUT2D eigenvalue weighted by atomic mass is 16.3. The molecule has 7 heteroatoms. The summed E-state index contributed by atoms with van der Waals surface area (Å²) < 4.78 is 8.80. The summed E-state index contributed by atoms with van der Waals surface area (Å²) in [4.78, 5) is 19.9. The molecule has 2 aromatic carbocycles. The molecule has 0 unspecified atom stereocenters. The van der Waals surface area contributed by atoms with Crippen LogP contribution in [0.2, 0.25) is 6.82 Å². The molecule has 3 heterocycles. The Kier molecular flexibility index (Phi) is 13.6. The molecule has 0 amide bonds. The average molecular weight is 801 g/mol. The molecular formula is C54H55BN5O. The molecule has 0 saturated carbocycles. The van der Waals surface area contributed by atoms with E-state index in [0.717, 1.165) is 56.0 Å². The van der Waals surface area contributed by atoms with Gasteiger partial charge in [0.25, 0.3) is 0 Å². The van der Waals surface area contributed by atoms with E-state index in [0.29, 0.717) is 34.5 Å². The molecule has 61 heavy (non-hydrogen) atoms. The maximum atomic E-state index is 6.47. The molecule has 305 valence electrons. The van der Waals surface area contributed by atoms with Crippen molar-refractivity contribution in [3.05, 3.63) is 192 Å². The van der Waals surface area contributed by atoms with Gasteiger partial charge in [-0.1, -0.05) is 132 Å². The van der Waals surface area contributed by atoms with Crippen molar-refractivity contribution >= 4 is 47.3 Å². The molecule has 0 fully saturated rings. The zero-order valence-electron chi connectivity index (χ0n) is 37.0. The van der Waals surface area contributed by atoms with Crippen LogP contribution in [0.5, 0.6) is 0 Å². The number of oxazole rings is 1. The molecule has 5 aromatic rings. The Morgan fingerprint density at radius 3 is 2.23 bits per heavy atom. The second kappa shape index (κ2) is 19.0. The smallest absolute Gasteiger partial charge is 0.227 e. The SMILES string of the molecule is C=C/C=C\C(=C/C)c1nc(C(/C=C\C)=C/C=C\C)nc(-c2ccc3oc(-c4cccc(-n5c([B]C)c(/C=C\C)c(C)c5/C=C5\C(=C)C(/C=C\C)=C(C=C)C5(C)C)c4)nc3c2)n1. The van der Waals surface area contributed by atoms with E-state index in [4.69, 9.17) is 24.4 Å². The number of allylic oxidation sites excluding steroid dienone is 19. The predicted octanol–water partition coefficient (Wildman–Crippen LogP) is 13.6. The van der Waals surface area contributed by atoms with Gasteiger partial charge in [0.15, 0.2) is 30.3 Å². The van der Waals surface area contributed by atoms with Crippen LogP contribution in [0.1, 0.15) is 76.9 Å². The highest BCUT2D eigenvalue weighted by Crippen LogP contribution is 2.51. The minimum Gasteiger partial charge on any atom is -0.436 e. The number of benzene rings is 2. The molecule has 1 aliphatic carbocycles. The van der Waals surface area contributed by atoms with Gasteiger partial charge in [0, 0.05) is 39.1 Å². The Morgan fingerprint density at radius 2 is 1.57 bits per heavy atom. The number of fused-ring (bicyclic) bond motifs is 1. The van der Waals surface area contributed by atoms with E-state index in [1.54, 1.807) is 6.08 Å². The van der Waals surface area contributed by atoms with Crippen LogP contribution in [0.4, 0.5) is 0 Å². The maximum absolute atomic E-state index is 6.47. The highest BCUT2D eigenvalue weighted by molar-refractivity contribution is 6.52. The second-order valence-electron chi connectivity index (χ2n) is 15.2. The third kappa shape index (κ3) is 8.60. The number of aromatic nitrogens is 5. The van der Waals surface area contributed by atoms with Gasteiger partial charge in [-0.2, -0.15) is 0 Å². The monoisotopic (exact) mass is 800 g/mol. The molecule has 0 N–H and O–H groups in total. The van der Waals surface area contributed by atoms with Crippen molar-refractivity contribution in [2.75, 3.05) is 0 Å². The second-order valence-corrected chi connectivity index (χ2v) is 15.2.